The van der Waals surface area contributed by atoms with Crippen molar-refractivity contribution >= 4 is 22.9 Å². The minimum atomic E-state index is -0.106. The molecule has 2 rings (SSSR count). The minimum Gasteiger partial charge on any atom is -0.321 e. The summed E-state index contributed by atoms with van der Waals surface area (Å²) < 4.78 is 0. The van der Waals surface area contributed by atoms with E-state index >= 15 is 0 Å². The molecule has 72 valence electrons. The van der Waals surface area contributed by atoms with Crippen molar-refractivity contribution in [3.63, 3.8) is 0 Å². The fraction of sp³-hybridized carbons (Fsp3) is 0.100. The van der Waals surface area contributed by atoms with E-state index in [2.05, 4.69) is 4.98 Å². The van der Waals surface area contributed by atoms with Crippen LogP contribution in [-0.2, 0) is 5.88 Å². The summed E-state index contributed by atoms with van der Waals surface area (Å²) in [5, 5.41) is 1.98. The summed E-state index contributed by atoms with van der Waals surface area (Å²) in [5.41, 5.74) is 1.34. The van der Waals surface area contributed by atoms with Crippen LogP contribution < -0.4 is 5.56 Å². The SMILES string of the molecule is O=c1[nH]c(-c2cccs2)ccc1CCl. The third-order valence-electron chi connectivity index (χ3n) is 1.92. The molecule has 0 aliphatic heterocycles. The van der Waals surface area contributed by atoms with Gasteiger partial charge in [0.1, 0.15) is 0 Å². The van der Waals surface area contributed by atoms with Gasteiger partial charge in [-0.1, -0.05) is 12.1 Å². The first-order valence-electron chi connectivity index (χ1n) is 4.13. The van der Waals surface area contributed by atoms with Crippen LogP contribution in [-0.4, -0.2) is 4.98 Å². The highest BCUT2D eigenvalue weighted by Crippen LogP contribution is 2.21. The van der Waals surface area contributed by atoms with E-state index in [4.69, 9.17) is 11.6 Å². The van der Waals surface area contributed by atoms with Gasteiger partial charge in [0.15, 0.2) is 0 Å². The average molecular weight is 226 g/mol. The van der Waals surface area contributed by atoms with Gasteiger partial charge in [-0.2, -0.15) is 0 Å². The molecule has 0 radical (unpaired) electrons. The second kappa shape index (κ2) is 3.98. The summed E-state index contributed by atoms with van der Waals surface area (Å²) >= 11 is 7.19. The van der Waals surface area contributed by atoms with Gasteiger partial charge in [0, 0.05) is 5.56 Å². The van der Waals surface area contributed by atoms with Crippen LogP contribution in [0.3, 0.4) is 0 Å². The lowest BCUT2D eigenvalue weighted by molar-refractivity contribution is 1.17. The lowest BCUT2D eigenvalue weighted by Gasteiger charge is -1.98. The molecule has 0 aliphatic carbocycles. The van der Waals surface area contributed by atoms with E-state index in [0.717, 1.165) is 10.6 Å². The topological polar surface area (TPSA) is 32.9 Å². The van der Waals surface area contributed by atoms with Crippen molar-refractivity contribution in [3.05, 3.63) is 45.6 Å². The molecule has 14 heavy (non-hydrogen) atoms. The molecule has 0 aromatic carbocycles. The van der Waals surface area contributed by atoms with Crippen LogP contribution in [0.2, 0.25) is 0 Å². The molecule has 0 unspecified atom stereocenters. The second-order valence-electron chi connectivity index (χ2n) is 2.84. The smallest absolute Gasteiger partial charge is 0.252 e. The molecule has 2 aromatic rings. The summed E-state index contributed by atoms with van der Waals surface area (Å²) in [6, 6.07) is 7.57. The van der Waals surface area contributed by atoms with Crippen molar-refractivity contribution in [1.82, 2.24) is 4.98 Å². The molecular weight excluding hydrogens is 218 g/mol. The molecule has 0 amide bonds. The van der Waals surface area contributed by atoms with Gasteiger partial charge >= 0.3 is 0 Å². The fourth-order valence-electron chi connectivity index (χ4n) is 1.18. The number of thiophene rings is 1. The molecule has 0 spiro atoms. The van der Waals surface area contributed by atoms with Crippen molar-refractivity contribution in [2.75, 3.05) is 0 Å². The zero-order chi connectivity index (χ0) is 9.97. The van der Waals surface area contributed by atoms with Crippen LogP contribution in [0.15, 0.2) is 34.4 Å². The molecule has 0 fully saturated rings. The predicted octanol–water partition coefficient (Wildman–Crippen LogP) is 2.84. The quantitative estimate of drug-likeness (QED) is 0.784. The number of alkyl halides is 1. The molecule has 0 atom stereocenters. The van der Waals surface area contributed by atoms with Crippen LogP contribution in [0, 0.1) is 0 Å². The number of nitrogens with one attached hydrogen (secondary N) is 1. The number of halogens is 1. The van der Waals surface area contributed by atoms with Gasteiger partial charge in [-0.05, 0) is 17.5 Å². The number of pyridine rings is 1. The Kier molecular flexibility index (Phi) is 2.70. The number of hydrogen-bond donors (Lipinski definition) is 1. The van der Waals surface area contributed by atoms with Gasteiger partial charge in [0.2, 0.25) is 0 Å². The Bertz CT molecular complexity index is 475. The number of aromatic nitrogens is 1. The van der Waals surface area contributed by atoms with Gasteiger partial charge in [0.25, 0.3) is 5.56 Å². The Morgan fingerprint density at radius 2 is 2.21 bits per heavy atom. The van der Waals surface area contributed by atoms with Crippen molar-refractivity contribution in [2.45, 2.75) is 5.88 Å². The summed E-state index contributed by atoms with van der Waals surface area (Å²) in [6.07, 6.45) is 0. The van der Waals surface area contributed by atoms with E-state index in [9.17, 15) is 4.79 Å². The first-order chi connectivity index (χ1) is 6.81. The van der Waals surface area contributed by atoms with Gasteiger partial charge < -0.3 is 4.98 Å². The number of H-pyrrole nitrogens is 1. The molecular formula is C10H8ClNOS. The Morgan fingerprint density at radius 1 is 1.36 bits per heavy atom. The van der Waals surface area contributed by atoms with E-state index in [1.165, 1.54) is 0 Å². The molecule has 0 saturated heterocycles. The minimum absolute atomic E-state index is 0.106. The molecule has 0 bridgehead atoms. The molecule has 4 heteroatoms. The number of rotatable bonds is 2. The summed E-state index contributed by atoms with van der Waals surface area (Å²) in [6.45, 7) is 0. The first kappa shape index (κ1) is 9.49. The monoisotopic (exact) mass is 225 g/mol. The van der Waals surface area contributed by atoms with Gasteiger partial charge in [-0.3, -0.25) is 4.79 Å². The summed E-state index contributed by atoms with van der Waals surface area (Å²) in [7, 11) is 0. The Balaban J connectivity index is 2.48. The van der Waals surface area contributed by atoms with Crippen LogP contribution in [0.4, 0.5) is 0 Å². The standard InChI is InChI=1S/C10H8ClNOS/c11-6-7-3-4-8(12-10(7)13)9-2-1-5-14-9/h1-5H,6H2,(H,12,13). The fourth-order valence-corrected chi connectivity index (χ4v) is 2.10. The number of aromatic amines is 1. The third kappa shape index (κ3) is 1.74. The van der Waals surface area contributed by atoms with Crippen LogP contribution in [0.1, 0.15) is 5.56 Å². The maximum Gasteiger partial charge on any atom is 0.252 e. The van der Waals surface area contributed by atoms with E-state index in [1.54, 1.807) is 17.4 Å². The molecule has 2 aromatic heterocycles. The zero-order valence-corrected chi connectivity index (χ0v) is 8.86. The first-order valence-corrected chi connectivity index (χ1v) is 5.54. The third-order valence-corrected chi connectivity index (χ3v) is 3.11. The Morgan fingerprint density at radius 3 is 2.79 bits per heavy atom. The number of hydrogen-bond acceptors (Lipinski definition) is 2. The Hall–Kier alpha value is -1.06. The van der Waals surface area contributed by atoms with Crippen molar-refractivity contribution in [1.29, 1.82) is 0 Å². The molecule has 1 N–H and O–H groups in total. The second-order valence-corrected chi connectivity index (χ2v) is 4.05. The normalized spacial score (nSPS) is 10.4. The zero-order valence-electron chi connectivity index (χ0n) is 7.29. The van der Waals surface area contributed by atoms with Crippen LogP contribution in [0.5, 0.6) is 0 Å². The van der Waals surface area contributed by atoms with Crippen molar-refractivity contribution < 1.29 is 0 Å². The Labute approximate surface area is 90.2 Å². The lowest BCUT2D eigenvalue weighted by Crippen LogP contribution is -2.10. The van der Waals surface area contributed by atoms with Gasteiger partial charge in [0.05, 0.1) is 16.5 Å². The van der Waals surface area contributed by atoms with Crippen molar-refractivity contribution in [2.24, 2.45) is 0 Å². The molecule has 0 aliphatic rings. The molecule has 0 saturated carbocycles. The van der Waals surface area contributed by atoms with Crippen molar-refractivity contribution in [3.8, 4) is 10.6 Å². The van der Waals surface area contributed by atoms with Gasteiger partial charge in [-0.25, -0.2) is 0 Å². The highest BCUT2D eigenvalue weighted by Gasteiger charge is 2.02. The van der Waals surface area contributed by atoms with Crippen LogP contribution in [0.25, 0.3) is 10.6 Å². The largest absolute Gasteiger partial charge is 0.321 e. The lowest BCUT2D eigenvalue weighted by atomic mass is 10.2. The van der Waals surface area contributed by atoms with E-state index in [1.807, 2.05) is 23.6 Å². The van der Waals surface area contributed by atoms with E-state index in [-0.39, 0.29) is 11.4 Å². The highest BCUT2D eigenvalue weighted by atomic mass is 35.5. The maximum absolute atomic E-state index is 11.4. The summed E-state index contributed by atoms with van der Waals surface area (Å²) in [4.78, 5) is 15.3. The van der Waals surface area contributed by atoms with E-state index in [0.29, 0.717) is 5.56 Å². The van der Waals surface area contributed by atoms with E-state index < -0.39 is 0 Å². The summed E-state index contributed by atoms with van der Waals surface area (Å²) in [5.74, 6) is 0.250. The molecule has 2 nitrogen and oxygen atoms in total. The average Bonchev–Trinajstić information content (AvgIpc) is 2.70. The highest BCUT2D eigenvalue weighted by molar-refractivity contribution is 7.13. The maximum atomic E-state index is 11.4. The molecule has 2 heterocycles. The predicted molar refractivity (Wildman–Crippen MR) is 59.9 cm³/mol. The van der Waals surface area contributed by atoms with Gasteiger partial charge in [-0.15, -0.1) is 22.9 Å². The van der Waals surface area contributed by atoms with Crippen LogP contribution >= 0.6 is 22.9 Å².